The number of anilines is 1. The fourth-order valence-electron chi connectivity index (χ4n) is 2.34. The maximum atomic E-state index is 11.7. The zero-order valence-electron chi connectivity index (χ0n) is 15.5. The van der Waals surface area contributed by atoms with Crippen molar-refractivity contribution in [3.05, 3.63) is 66.2 Å². The van der Waals surface area contributed by atoms with E-state index in [0.29, 0.717) is 18.7 Å². The molecule has 27 heavy (non-hydrogen) atoms. The van der Waals surface area contributed by atoms with Gasteiger partial charge in [0.05, 0.1) is 5.69 Å². The third-order valence-corrected chi connectivity index (χ3v) is 3.82. The summed E-state index contributed by atoms with van der Waals surface area (Å²) in [5, 5.41) is 6.91. The third-order valence-electron chi connectivity index (χ3n) is 3.82. The summed E-state index contributed by atoms with van der Waals surface area (Å²) in [4.78, 5) is 23.4. The first kappa shape index (κ1) is 20.2. The van der Waals surface area contributed by atoms with Crippen LogP contribution in [-0.2, 0) is 16.1 Å². The van der Waals surface area contributed by atoms with Crippen LogP contribution < -0.4 is 10.7 Å². The summed E-state index contributed by atoms with van der Waals surface area (Å²) < 4.78 is 5.14. The van der Waals surface area contributed by atoms with Crippen LogP contribution in [0.1, 0.15) is 31.7 Å². The van der Waals surface area contributed by atoms with Crippen molar-refractivity contribution in [2.45, 2.75) is 32.8 Å². The number of hydrogen-bond donors (Lipinski definition) is 2. The Balaban J connectivity index is 1.63. The molecule has 2 N–H and O–H groups in total. The normalized spacial score (nSPS) is 10.9. The van der Waals surface area contributed by atoms with Crippen molar-refractivity contribution in [1.29, 1.82) is 0 Å². The topological polar surface area (TPSA) is 79.8 Å². The number of hydrogen-bond acceptors (Lipinski definition) is 5. The molecule has 0 aliphatic rings. The number of para-hydroxylation sites is 1. The molecular weight excluding hydrogens is 342 g/mol. The van der Waals surface area contributed by atoms with Gasteiger partial charge in [0.15, 0.2) is 5.78 Å². The average molecular weight is 367 g/mol. The average Bonchev–Trinajstić information content (AvgIpc) is 2.69. The molecule has 142 valence electrons. The van der Waals surface area contributed by atoms with Gasteiger partial charge in [0.1, 0.15) is 12.3 Å². The number of ketones is 1. The van der Waals surface area contributed by atoms with E-state index in [0.717, 1.165) is 24.1 Å². The van der Waals surface area contributed by atoms with Crippen LogP contribution in [0.4, 0.5) is 10.5 Å². The molecule has 2 aromatic carbocycles. The fraction of sp³-hybridized carbons (Fsp3) is 0.286. The Hall–Kier alpha value is -3.15. The maximum absolute atomic E-state index is 11.7. The third kappa shape index (κ3) is 8.18. The SMILES string of the molecule is CC(=O)/C(CCCCNC(=O)OCc1ccccc1)=N/Nc1ccccc1. The van der Waals surface area contributed by atoms with Crippen LogP contribution in [0.5, 0.6) is 0 Å². The zero-order valence-corrected chi connectivity index (χ0v) is 15.5. The standard InChI is InChI=1S/C21H25N3O3/c1-17(25)20(24-23-19-12-6-3-7-13-19)14-8-9-15-22-21(26)27-16-18-10-4-2-5-11-18/h2-7,10-13,23H,8-9,14-16H2,1H3,(H,22,26)/b24-20+. The Morgan fingerprint density at radius 3 is 2.30 bits per heavy atom. The fourth-order valence-corrected chi connectivity index (χ4v) is 2.34. The minimum atomic E-state index is -0.440. The van der Waals surface area contributed by atoms with Crippen molar-refractivity contribution in [2.75, 3.05) is 12.0 Å². The molecule has 2 aromatic rings. The van der Waals surface area contributed by atoms with E-state index in [1.807, 2.05) is 60.7 Å². The number of Topliss-reactive ketones (excluding diaryl/α,β-unsaturated/α-hetero) is 1. The molecule has 0 aliphatic heterocycles. The second-order valence-electron chi connectivity index (χ2n) is 6.04. The van der Waals surface area contributed by atoms with Crippen LogP contribution in [0.25, 0.3) is 0 Å². The second kappa shape index (κ2) is 11.5. The first-order chi connectivity index (χ1) is 13.1. The molecule has 0 saturated carbocycles. The van der Waals surface area contributed by atoms with Gasteiger partial charge in [-0.05, 0) is 37.0 Å². The van der Waals surface area contributed by atoms with E-state index in [-0.39, 0.29) is 12.4 Å². The minimum Gasteiger partial charge on any atom is -0.445 e. The molecule has 0 radical (unpaired) electrons. The van der Waals surface area contributed by atoms with Crippen molar-refractivity contribution < 1.29 is 14.3 Å². The summed E-state index contributed by atoms with van der Waals surface area (Å²) in [7, 11) is 0. The Morgan fingerprint density at radius 2 is 1.63 bits per heavy atom. The van der Waals surface area contributed by atoms with E-state index in [4.69, 9.17) is 4.74 Å². The molecule has 0 unspecified atom stereocenters. The highest BCUT2D eigenvalue weighted by molar-refractivity contribution is 6.39. The summed E-state index contributed by atoms with van der Waals surface area (Å²) in [6.45, 7) is 2.24. The van der Waals surface area contributed by atoms with Gasteiger partial charge in [0.2, 0.25) is 0 Å². The Bertz CT molecular complexity index is 746. The van der Waals surface area contributed by atoms with Crippen molar-refractivity contribution in [2.24, 2.45) is 5.10 Å². The molecule has 6 nitrogen and oxygen atoms in total. The lowest BCUT2D eigenvalue weighted by Gasteiger charge is -2.08. The molecule has 0 fully saturated rings. The number of nitrogens with zero attached hydrogens (tertiary/aromatic N) is 1. The smallest absolute Gasteiger partial charge is 0.407 e. The molecule has 0 aromatic heterocycles. The Morgan fingerprint density at radius 1 is 0.963 bits per heavy atom. The van der Waals surface area contributed by atoms with E-state index >= 15 is 0 Å². The van der Waals surface area contributed by atoms with Gasteiger partial charge >= 0.3 is 6.09 Å². The number of benzene rings is 2. The zero-order chi connectivity index (χ0) is 19.3. The number of rotatable bonds is 10. The van der Waals surface area contributed by atoms with Crippen molar-refractivity contribution in [1.82, 2.24) is 5.32 Å². The summed E-state index contributed by atoms with van der Waals surface area (Å²) in [5.41, 5.74) is 5.16. The molecule has 0 atom stereocenters. The first-order valence-electron chi connectivity index (χ1n) is 8.98. The van der Waals surface area contributed by atoms with Gasteiger partial charge < -0.3 is 10.1 Å². The van der Waals surface area contributed by atoms with E-state index in [1.165, 1.54) is 6.92 Å². The second-order valence-corrected chi connectivity index (χ2v) is 6.04. The maximum Gasteiger partial charge on any atom is 0.407 e. The van der Waals surface area contributed by atoms with Crippen molar-refractivity contribution in [3.8, 4) is 0 Å². The minimum absolute atomic E-state index is 0.0614. The summed E-state index contributed by atoms with van der Waals surface area (Å²) in [5.74, 6) is -0.0614. The number of alkyl carbamates (subject to hydrolysis) is 1. The van der Waals surface area contributed by atoms with Gasteiger partial charge in [-0.3, -0.25) is 10.2 Å². The van der Waals surface area contributed by atoms with Gasteiger partial charge in [0.25, 0.3) is 0 Å². The Labute approximate surface area is 159 Å². The summed E-state index contributed by atoms with van der Waals surface area (Å²) in [6, 6.07) is 19.0. The van der Waals surface area contributed by atoms with Crippen molar-refractivity contribution >= 4 is 23.3 Å². The summed E-state index contributed by atoms with van der Waals surface area (Å²) >= 11 is 0. The van der Waals surface area contributed by atoms with Crippen LogP contribution in [0, 0.1) is 0 Å². The molecule has 2 rings (SSSR count). The number of amides is 1. The van der Waals surface area contributed by atoms with Crippen LogP contribution in [0.3, 0.4) is 0 Å². The van der Waals surface area contributed by atoms with Crippen LogP contribution in [0.2, 0.25) is 0 Å². The number of nitrogens with one attached hydrogen (secondary N) is 2. The number of carbonyl (C=O) groups is 2. The Kier molecular flexibility index (Phi) is 8.56. The monoisotopic (exact) mass is 367 g/mol. The highest BCUT2D eigenvalue weighted by Crippen LogP contribution is 2.06. The van der Waals surface area contributed by atoms with Crippen molar-refractivity contribution in [3.63, 3.8) is 0 Å². The van der Waals surface area contributed by atoms with Gasteiger partial charge in [-0.25, -0.2) is 4.79 Å². The van der Waals surface area contributed by atoms with E-state index in [9.17, 15) is 9.59 Å². The number of hydrazone groups is 1. The molecule has 0 heterocycles. The first-order valence-corrected chi connectivity index (χ1v) is 8.98. The highest BCUT2D eigenvalue weighted by Gasteiger charge is 2.07. The molecular formula is C21H25N3O3. The van der Waals surface area contributed by atoms with Gasteiger partial charge in [-0.15, -0.1) is 0 Å². The number of carbonyl (C=O) groups excluding carboxylic acids is 2. The van der Waals surface area contributed by atoms with Gasteiger partial charge in [-0.2, -0.15) is 5.10 Å². The lowest BCUT2D eigenvalue weighted by atomic mass is 10.1. The van der Waals surface area contributed by atoms with Crippen LogP contribution in [0.15, 0.2) is 65.8 Å². The molecule has 6 heteroatoms. The number of unbranched alkanes of at least 4 members (excludes halogenated alkanes) is 1. The highest BCUT2D eigenvalue weighted by atomic mass is 16.5. The molecule has 0 aliphatic carbocycles. The lowest BCUT2D eigenvalue weighted by Crippen LogP contribution is -2.25. The number of ether oxygens (including phenoxy) is 1. The summed E-state index contributed by atoms with van der Waals surface area (Å²) in [6.07, 6.45) is 1.59. The largest absolute Gasteiger partial charge is 0.445 e. The van der Waals surface area contributed by atoms with Crippen LogP contribution >= 0.6 is 0 Å². The molecule has 1 amide bonds. The van der Waals surface area contributed by atoms with Gasteiger partial charge in [-0.1, -0.05) is 48.5 Å². The van der Waals surface area contributed by atoms with E-state index in [2.05, 4.69) is 15.8 Å². The molecule has 0 saturated heterocycles. The predicted octanol–water partition coefficient (Wildman–Crippen LogP) is 4.14. The predicted molar refractivity (Wildman–Crippen MR) is 107 cm³/mol. The quantitative estimate of drug-likeness (QED) is 0.376. The van der Waals surface area contributed by atoms with Crippen LogP contribution in [-0.4, -0.2) is 24.1 Å². The van der Waals surface area contributed by atoms with E-state index < -0.39 is 6.09 Å². The lowest BCUT2D eigenvalue weighted by molar-refractivity contribution is -0.111. The molecule has 0 bridgehead atoms. The van der Waals surface area contributed by atoms with E-state index in [1.54, 1.807) is 0 Å². The molecule has 0 spiro atoms. The van der Waals surface area contributed by atoms with Gasteiger partial charge in [0, 0.05) is 13.5 Å².